The Kier molecular flexibility index (Phi) is 3.99. The fourth-order valence-electron chi connectivity index (χ4n) is 3.61. The quantitative estimate of drug-likeness (QED) is 0.771. The van der Waals surface area contributed by atoms with E-state index >= 15 is 0 Å². The lowest BCUT2D eigenvalue weighted by molar-refractivity contribution is 0.0735. The Bertz CT molecular complexity index is 910. The number of aromatic amines is 1. The first-order valence-electron chi connectivity index (χ1n) is 8.64. The molecule has 1 aliphatic carbocycles. The average Bonchev–Trinajstić information content (AvgIpc) is 3.31. The van der Waals surface area contributed by atoms with Gasteiger partial charge in [-0.15, -0.1) is 0 Å². The van der Waals surface area contributed by atoms with E-state index in [1.165, 1.54) is 18.9 Å². The molecule has 1 amide bonds. The summed E-state index contributed by atoms with van der Waals surface area (Å²) in [6, 6.07) is 8.91. The molecular formula is C20H20FN3O. The van der Waals surface area contributed by atoms with Crippen molar-refractivity contribution < 1.29 is 9.18 Å². The first kappa shape index (κ1) is 15.8. The average molecular weight is 337 g/mol. The van der Waals surface area contributed by atoms with Gasteiger partial charge in [0.25, 0.3) is 5.91 Å². The Morgan fingerprint density at radius 2 is 2.04 bits per heavy atom. The molecule has 0 atom stereocenters. The van der Waals surface area contributed by atoms with E-state index in [2.05, 4.69) is 9.97 Å². The first-order valence-corrected chi connectivity index (χ1v) is 8.64. The molecular weight excluding hydrogens is 317 g/mol. The van der Waals surface area contributed by atoms with Gasteiger partial charge in [-0.3, -0.25) is 9.78 Å². The van der Waals surface area contributed by atoms with Crippen LogP contribution >= 0.6 is 0 Å². The minimum atomic E-state index is -0.329. The molecule has 1 fully saturated rings. The van der Waals surface area contributed by atoms with Crippen LogP contribution in [0.5, 0.6) is 0 Å². The number of benzene rings is 1. The van der Waals surface area contributed by atoms with Crippen molar-refractivity contribution in [2.75, 3.05) is 7.05 Å². The number of carbonyl (C=O) groups is 1. The van der Waals surface area contributed by atoms with E-state index < -0.39 is 0 Å². The van der Waals surface area contributed by atoms with Crippen LogP contribution in [0.25, 0.3) is 22.2 Å². The molecule has 2 heterocycles. The molecule has 0 unspecified atom stereocenters. The smallest absolute Gasteiger partial charge is 0.255 e. The zero-order valence-electron chi connectivity index (χ0n) is 14.1. The summed E-state index contributed by atoms with van der Waals surface area (Å²) in [4.78, 5) is 21.7. The Morgan fingerprint density at radius 3 is 2.76 bits per heavy atom. The van der Waals surface area contributed by atoms with Crippen molar-refractivity contribution in [3.63, 3.8) is 0 Å². The molecule has 0 aliphatic heterocycles. The van der Waals surface area contributed by atoms with E-state index in [9.17, 15) is 9.18 Å². The van der Waals surface area contributed by atoms with Gasteiger partial charge in [-0.25, -0.2) is 4.39 Å². The zero-order chi connectivity index (χ0) is 17.4. The Labute approximate surface area is 145 Å². The molecule has 128 valence electrons. The molecule has 0 radical (unpaired) electrons. The molecule has 2 aromatic heterocycles. The third kappa shape index (κ3) is 2.90. The fourth-order valence-corrected chi connectivity index (χ4v) is 3.61. The molecule has 1 aromatic carbocycles. The minimum absolute atomic E-state index is 0.0208. The summed E-state index contributed by atoms with van der Waals surface area (Å²) in [5, 5.41) is 0.930. The van der Waals surface area contributed by atoms with Gasteiger partial charge in [0.15, 0.2) is 0 Å². The monoisotopic (exact) mass is 337 g/mol. The predicted molar refractivity (Wildman–Crippen MR) is 95.8 cm³/mol. The van der Waals surface area contributed by atoms with E-state index in [1.54, 1.807) is 30.6 Å². The van der Waals surface area contributed by atoms with Crippen molar-refractivity contribution in [1.82, 2.24) is 14.9 Å². The molecule has 0 spiro atoms. The van der Waals surface area contributed by atoms with E-state index in [4.69, 9.17) is 0 Å². The standard InChI is InChI=1S/C20H20FN3O/c1-24(15-4-2-3-5-15)20(25)14-6-7-18(23-12-14)16-10-13-8-9-22-19(13)11-17(16)21/h6-12,15,22H,2-5H2,1H3. The summed E-state index contributed by atoms with van der Waals surface area (Å²) in [5.41, 5.74) is 2.27. The third-order valence-electron chi connectivity index (χ3n) is 5.12. The number of rotatable bonds is 3. The van der Waals surface area contributed by atoms with Gasteiger partial charge in [0.2, 0.25) is 0 Å². The molecule has 5 heteroatoms. The number of pyridine rings is 1. The first-order chi connectivity index (χ1) is 12.1. The highest BCUT2D eigenvalue weighted by Crippen LogP contribution is 2.27. The predicted octanol–water partition coefficient (Wildman–Crippen LogP) is 4.38. The summed E-state index contributed by atoms with van der Waals surface area (Å²) < 4.78 is 14.3. The van der Waals surface area contributed by atoms with Crippen LogP contribution in [-0.4, -0.2) is 33.9 Å². The van der Waals surface area contributed by atoms with E-state index in [1.807, 2.05) is 18.0 Å². The minimum Gasteiger partial charge on any atom is -0.361 e. The Balaban J connectivity index is 1.60. The van der Waals surface area contributed by atoms with Gasteiger partial charge in [0.05, 0.1) is 11.3 Å². The van der Waals surface area contributed by atoms with Gasteiger partial charge in [-0.1, -0.05) is 12.8 Å². The van der Waals surface area contributed by atoms with Gasteiger partial charge >= 0.3 is 0 Å². The Morgan fingerprint density at radius 1 is 1.24 bits per heavy atom. The van der Waals surface area contributed by atoms with E-state index in [-0.39, 0.29) is 11.7 Å². The maximum absolute atomic E-state index is 14.3. The highest BCUT2D eigenvalue weighted by atomic mass is 19.1. The largest absolute Gasteiger partial charge is 0.361 e. The highest BCUT2D eigenvalue weighted by Gasteiger charge is 2.24. The molecule has 1 aliphatic rings. The lowest BCUT2D eigenvalue weighted by Gasteiger charge is -2.24. The van der Waals surface area contributed by atoms with Gasteiger partial charge in [-0.2, -0.15) is 0 Å². The number of amides is 1. The fraction of sp³-hybridized carbons (Fsp3) is 0.300. The van der Waals surface area contributed by atoms with Crippen molar-refractivity contribution in [3.8, 4) is 11.3 Å². The van der Waals surface area contributed by atoms with Gasteiger partial charge in [0.1, 0.15) is 5.82 Å². The van der Waals surface area contributed by atoms with Crippen molar-refractivity contribution in [2.24, 2.45) is 0 Å². The molecule has 0 saturated heterocycles. The van der Waals surface area contributed by atoms with Crippen molar-refractivity contribution in [2.45, 2.75) is 31.7 Å². The summed E-state index contributed by atoms with van der Waals surface area (Å²) >= 11 is 0. The zero-order valence-corrected chi connectivity index (χ0v) is 14.1. The number of nitrogens with zero attached hydrogens (tertiary/aromatic N) is 2. The second-order valence-corrected chi connectivity index (χ2v) is 6.68. The lowest BCUT2D eigenvalue weighted by Crippen LogP contribution is -2.35. The van der Waals surface area contributed by atoms with E-state index in [0.29, 0.717) is 22.9 Å². The number of H-pyrrole nitrogens is 1. The Hall–Kier alpha value is -2.69. The number of aromatic nitrogens is 2. The molecule has 1 N–H and O–H groups in total. The summed E-state index contributed by atoms with van der Waals surface area (Å²) in [5.74, 6) is -0.350. The van der Waals surface area contributed by atoms with Crippen molar-refractivity contribution >= 4 is 16.8 Å². The van der Waals surface area contributed by atoms with Crippen LogP contribution in [0.4, 0.5) is 4.39 Å². The number of hydrogen-bond donors (Lipinski definition) is 1. The van der Waals surface area contributed by atoms with Crippen LogP contribution in [0.15, 0.2) is 42.7 Å². The van der Waals surface area contributed by atoms with E-state index in [0.717, 1.165) is 23.7 Å². The van der Waals surface area contributed by atoms with Crippen LogP contribution in [0.1, 0.15) is 36.0 Å². The number of hydrogen-bond acceptors (Lipinski definition) is 2. The number of halogens is 1. The topological polar surface area (TPSA) is 49.0 Å². The maximum atomic E-state index is 14.3. The molecule has 0 bridgehead atoms. The lowest BCUT2D eigenvalue weighted by atomic mass is 10.1. The van der Waals surface area contributed by atoms with Crippen LogP contribution in [0.3, 0.4) is 0 Å². The van der Waals surface area contributed by atoms with Gasteiger partial charge in [0, 0.05) is 41.9 Å². The van der Waals surface area contributed by atoms with Crippen molar-refractivity contribution in [1.29, 1.82) is 0 Å². The molecule has 4 nitrogen and oxygen atoms in total. The third-order valence-corrected chi connectivity index (χ3v) is 5.12. The highest BCUT2D eigenvalue weighted by molar-refractivity contribution is 5.94. The second kappa shape index (κ2) is 6.31. The molecule has 1 saturated carbocycles. The van der Waals surface area contributed by atoms with Crippen LogP contribution in [0.2, 0.25) is 0 Å². The maximum Gasteiger partial charge on any atom is 0.255 e. The summed E-state index contributed by atoms with van der Waals surface area (Å²) in [7, 11) is 1.85. The van der Waals surface area contributed by atoms with Crippen molar-refractivity contribution in [3.05, 3.63) is 54.1 Å². The number of fused-ring (bicyclic) bond motifs is 1. The summed E-state index contributed by atoms with van der Waals surface area (Å²) in [6.07, 6.45) is 7.82. The SMILES string of the molecule is CN(C(=O)c1ccc(-c2cc3cc[nH]c3cc2F)nc1)C1CCCC1. The van der Waals surface area contributed by atoms with Gasteiger partial charge in [-0.05, 0) is 43.2 Å². The molecule has 4 rings (SSSR count). The normalized spacial score (nSPS) is 15.0. The van der Waals surface area contributed by atoms with Crippen LogP contribution in [-0.2, 0) is 0 Å². The molecule has 3 aromatic rings. The van der Waals surface area contributed by atoms with Crippen LogP contribution in [0, 0.1) is 5.82 Å². The number of nitrogens with one attached hydrogen (secondary N) is 1. The number of carbonyl (C=O) groups excluding carboxylic acids is 1. The van der Waals surface area contributed by atoms with Crippen LogP contribution < -0.4 is 0 Å². The van der Waals surface area contributed by atoms with Gasteiger partial charge < -0.3 is 9.88 Å². The molecule has 25 heavy (non-hydrogen) atoms. The second-order valence-electron chi connectivity index (χ2n) is 6.68. The summed E-state index contributed by atoms with van der Waals surface area (Å²) in [6.45, 7) is 0.